The van der Waals surface area contributed by atoms with E-state index in [1.165, 1.54) is 12.4 Å². The van der Waals surface area contributed by atoms with E-state index >= 15 is 0 Å². The van der Waals surface area contributed by atoms with Crippen LogP contribution in [-0.4, -0.2) is 19.7 Å². The molecule has 18 heavy (non-hydrogen) atoms. The smallest absolute Gasteiger partial charge is 0.147 e. The molecule has 92 valence electrons. The first kappa shape index (κ1) is 12.3. The lowest BCUT2D eigenvalue weighted by Crippen LogP contribution is -2.07. The maximum absolute atomic E-state index is 9.15. The molecule has 6 nitrogen and oxygen atoms in total. The molecule has 0 atom stereocenters. The van der Waals surface area contributed by atoms with Gasteiger partial charge < -0.3 is 5.73 Å². The van der Waals surface area contributed by atoms with Crippen molar-refractivity contribution in [3.63, 3.8) is 0 Å². The van der Waals surface area contributed by atoms with Crippen LogP contribution in [0.1, 0.15) is 25.5 Å². The molecule has 0 fully saturated rings. The van der Waals surface area contributed by atoms with Crippen LogP contribution in [0.3, 0.4) is 0 Å². The van der Waals surface area contributed by atoms with E-state index in [-0.39, 0.29) is 11.2 Å². The first-order chi connectivity index (χ1) is 8.54. The highest BCUT2D eigenvalue weighted by molar-refractivity contribution is 6.29. The predicted molar refractivity (Wildman–Crippen MR) is 67.8 cm³/mol. The Morgan fingerprint density at radius 3 is 2.61 bits per heavy atom. The number of halogens is 1. The van der Waals surface area contributed by atoms with Crippen LogP contribution < -0.4 is 5.73 Å². The monoisotopic (exact) mass is 262 g/mol. The third-order valence-electron chi connectivity index (χ3n) is 2.41. The Balaban J connectivity index is 2.61. The quantitative estimate of drug-likeness (QED) is 0.894. The summed E-state index contributed by atoms with van der Waals surface area (Å²) in [5.41, 5.74) is 7.09. The van der Waals surface area contributed by atoms with Crippen molar-refractivity contribution in [3.8, 4) is 17.5 Å². The van der Waals surface area contributed by atoms with Gasteiger partial charge >= 0.3 is 0 Å². The number of hydrogen-bond acceptors (Lipinski definition) is 5. The zero-order valence-corrected chi connectivity index (χ0v) is 10.7. The third-order valence-corrected chi connectivity index (χ3v) is 2.61. The average Bonchev–Trinajstić information content (AvgIpc) is 2.67. The van der Waals surface area contributed by atoms with Gasteiger partial charge in [-0.25, -0.2) is 14.6 Å². The maximum atomic E-state index is 9.15. The van der Waals surface area contributed by atoms with Crippen molar-refractivity contribution in [2.75, 3.05) is 5.73 Å². The van der Waals surface area contributed by atoms with Crippen LogP contribution in [0.4, 0.5) is 5.82 Å². The predicted octanol–water partition coefficient (Wildman–Crippen LogP) is 2.03. The standard InChI is InChI=1S/C11H11ClN6/c1-6(2)18-11(14)7(3-13)10(17-18)8-4-16-9(12)5-15-8/h4-6H,14H2,1-2H3. The highest BCUT2D eigenvalue weighted by Gasteiger charge is 2.19. The third kappa shape index (κ3) is 2.00. The minimum atomic E-state index is 0.0612. The molecule has 0 aliphatic heterocycles. The van der Waals surface area contributed by atoms with E-state index in [4.69, 9.17) is 22.6 Å². The molecule has 0 aliphatic rings. The molecule has 2 rings (SSSR count). The van der Waals surface area contributed by atoms with Crippen molar-refractivity contribution < 1.29 is 0 Å². The van der Waals surface area contributed by atoms with Crippen molar-refractivity contribution in [3.05, 3.63) is 23.1 Å². The average molecular weight is 263 g/mol. The van der Waals surface area contributed by atoms with Crippen molar-refractivity contribution in [1.82, 2.24) is 19.7 Å². The lowest BCUT2D eigenvalue weighted by Gasteiger charge is -2.06. The molecule has 0 saturated heterocycles. The first-order valence-corrected chi connectivity index (χ1v) is 5.68. The van der Waals surface area contributed by atoms with E-state index in [1.807, 2.05) is 19.9 Å². The number of hydrogen-bond donors (Lipinski definition) is 1. The number of anilines is 1. The van der Waals surface area contributed by atoms with Crippen molar-refractivity contribution in [2.24, 2.45) is 0 Å². The van der Waals surface area contributed by atoms with E-state index in [2.05, 4.69) is 15.1 Å². The van der Waals surface area contributed by atoms with Crippen LogP contribution >= 0.6 is 11.6 Å². The molecule has 0 aliphatic carbocycles. The van der Waals surface area contributed by atoms with Crippen LogP contribution in [0.25, 0.3) is 11.4 Å². The summed E-state index contributed by atoms with van der Waals surface area (Å²) in [4.78, 5) is 8.01. The molecule has 0 radical (unpaired) electrons. The maximum Gasteiger partial charge on any atom is 0.147 e. The molecule has 7 heteroatoms. The minimum absolute atomic E-state index is 0.0612. The van der Waals surface area contributed by atoms with Crippen molar-refractivity contribution in [1.29, 1.82) is 5.26 Å². The van der Waals surface area contributed by atoms with Gasteiger partial charge in [0.05, 0.1) is 12.4 Å². The van der Waals surface area contributed by atoms with Gasteiger partial charge in [0.25, 0.3) is 0 Å². The van der Waals surface area contributed by atoms with Crippen molar-refractivity contribution in [2.45, 2.75) is 19.9 Å². The summed E-state index contributed by atoms with van der Waals surface area (Å²) in [6.07, 6.45) is 2.87. The molecule has 2 aromatic heterocycles. The van der Waals surface area contributed by atoms with Gasteiger partial charge in [-0.3, -0.25) is 0 Å². The highest BCUT2D eigenvalue weighted by atomic mass is 35.5. The number of nitrogens with zero attached hydrogens (tertiary/aromatic N) is 5. The molecule has 0 saturated carbocycles. The number of rotatable bonds is 2. The van der Waals surface area contributed by atoms with E-state index < -0.39 is 0 Å². The summed E-state index contributed by atoms with van der Waals surface area (Å²) >= 11 is 5.67. The summed E-state index contributed by atoms with van der Waals surface area (Å²) in [7, 11) is 0. The molecule has 0 amide bonds. The zero-order valence-electron chi connectivity index (χ0n) is 9.92. The molecular weight excluding hydrogens is 252 g/mol. The summed E-state index contributed by atoms with van der Waals surface area (Å²) < 4.78 is 1.59. The van der Waals surface area contributed by atoms with E-state index in [1.54, 1.807) is 4.68 Å². The number of aromatic nitrogens is 4. The Morgan fingerprint density at radius 1 is 1.39 bits per heavy atom. The first-order valence-electron chi connectivity index (χ1n) is 5.30. The Morgan fingerprint density at radius 2 is 2.11 bits per heavy atom. The fourth-order valence-corrected chi connectivity index (χ4v) is 1.66. The van der Waals surface area contributed by atoms with Crippen LogP contribution in [0.5, 0.6) is 0 Å². The van der Waals surface area contributed by atoms with E-state index in [9.17, 15) is 0 Å². The fraction of sp³-hybridized carbons (Fsp3) is 0.273. The summed E-state index contributed by atoms with van der Waals surface area (Å²) in [5, 5.41) is 13.7. The van der Waals surface area contributed by atoms with Gasteiger partial charge in [0.15, 0.2) is 0 Å². The highest BCUT2D eigenvalue weighted by Crippen LogP contribution is 2.26. The normalized spacial score (nSPS) is 10.6. The molecule has 0 unspecified atom stereocenters. The molecule has 0 spiro atoms. The largest absolute Gasteiger partial charge is 0.383 e. The number of nitrogen functional groups attached to an aromatic ring is 1. The lowest BCUT2D eigenvalue weighted by atomic mass is 10.2. The second-order valence-electron chi connectivity index (χ2n) is 3.98. The summed E-state index contributed by atoms with van der Waals surface area (Å²) in [6, 6.07) is 2.10. The van der Waals surface area contributed by atoms with Gasteiger partial charge in [-0.05, 0) is 13.8 Å². The molecular formula is C11H11ClN6. The van der Waals surface area contributed by atoms with Gasteiger partial charge in [-0.15, -0.1) is 0 Å². The Labute approximate surface area is 109 Å². The van der Waals surface area contributed by atoms with Gasteiger partial charge in [-0.2, -0.15) is 10.4 Å². The van der Waals surface area contributed by atoms with E-state index in [0.717, 1.165) is 0 Å². The SMILES string of the molecule is CC(C)n1nc(-c2cnc(Cl)cn2)c(C#N)c1N. The Kier molecular flexibility index (Phi) is 3.17. The Bertz CT molecular complexity index is 608. The van der Waals surface area contributed by atoms with Crippen LogP contribution in [0.2, 0.25) is 5.15 Å². The number of nitrogens with two attached hydrogens (primary N) is 1. The van der Waals surface area contributed by atoms with Crippen LogP contribution in [-0.2, 0) is 0 Å². The molecule has 2 aromatic rings. The topological polar surface area (TPSA) is 93.4 Å². The molecule has 2 N–H and O–H groups in total. The minimum Gasteiger partial charge on any atom is -0.383 e. The van der Waals surface area contributed by atoms with Gasteiger partial charge in [0, 0.05) is 6.04 Å². The molecule has 0 bridgehead atoms. The van der Waals surface area contributed by atoms with Gasteiger partial charge in [-0.1, -0.05) is 11.6 Å². The Hall–Kier alpha value is -2.13. The second-order valence-corrected chi connectivity index (χ2v) is 4.37. The van der Waals surface area contributed by atoms with Crippen molar-refractivity contribution >= 4 is 17.4 Å². The lowest BCUT2D eigenvalue weighted by molar-refractivity contribution is 0.542. The van der Waals surface area contributed by atoms with E-state index in [0.29, 0.717) is 22.8 Å². The molecule has 2 heterocycles. The summed E-state index contributed by atoms with van der Waals surface area (Å²) in [5.74, 6) is 0.333. The second kappa shape index (κ2) is 4.63. The fourth-order valence-electron chi connectivity index (χ4n) is 1.57. The van der Waals surface area contributed by atoms with Gasteiger partial charge in [0.1, 0.15) is 34.0 Å². The summed E-state index contributed by atoms with van der Waals surface area (Å²) in [6.45, 7) is 3.86. The van der Waals surface area contributed by atoms with Gasteiger partial charge in [0.2, 0.25) is 0 Å². The number of nitriles is 1. The van der Waals surface area contributed by atoms with Crippen LogP contribution in [0.15, 0.2) is 12.4 Å². The van der Waals surface area contributed by atoms with Crippen LogP contribution in [0, 0.1) is 11.3 Å². The zero-order chi connectivity index (χ0) is 13.3. The molecule has 0 aromatic carbocycles.